The fourth-order valence-electron chi connectivity index (χ4n) is 3.89. The zero-order valence-corrected chi connectivity index (χ0v) is 17.3. The molecule has 1 aliphatic carbocycles. The van der Waals surface area contributed by atoms with Crippen LogP contribution in [0, 0.1) is 18.2 Å². The molecule has 0 aliphatic heterocycles. The number of allylic oxidation sites excluding steroid dienone is 2. The van der Waals surface area contributed by atoms with Gasteiger partial charge < -0.3 is 5.11 Å². The molecule has 0 radical (unpaired) electrons. The molecule has 0 saturated carbocycles. The van der Waals surface area contributed by atoms with Gasteiger partial charge in [0, 0.05) is 0 Å². The van der Waals surface area contributed by atoms with E-state index in [0.717, 1.165) is 5.57 Å². The molecular weight excluding hydrogens is 407 g/mol. The van der Waals surface area contributed by atoms with Crippen molar-refractivity contribution < 1.29 is 19.1 Å². The lowest BCUT2D eigenvalue weighted by molar-refractivity contribution is -0.148. The number of aromatic nitrogens is 2. The van der Waals surface area contributed by atoms with Gasteiger partial charge in [0.1, 0.15) is 5.82 Å². The molecule has 0 fully saturated rings. The van der Waals surface area contributed by atoms with Crippen molar-refractivity contribution in [3.05, 3.63) is 70.1 Å². The number of nitrogens with zero attached hydrogens (tertiary/aromatic N) is 2. The topological polar surface area (TPSA) is 72.2 Å². The molecule has 1 aromatic heterocycles. The van der Waals surface area contributed by atoms with Gasteiger partial charge in [0.25, 0.3) is 5.91 Å². The van der Waals surface area contributed by atoms with Crippen molar-refractivity contribution in [3.8, 4) is 0 Å². The number of carbonyl (C=O) groups is 2. The second-order valence-corrected chi connectivity index (χ2v) is 8.34. The minimum atomic E-state index is -0.858. The monoisotopic (exact) mass is 426 g/mol. The fraction of sp³-hybridized carbons (Fsp3) is 0.261. The molecule has 1 atom stereocenters. The van der Waals surface area contributed by atoms with Crippen LogP contribution < -0.4 is 0 Å². The molecule has 1 heterocycles. The van der Waals surface area contributed by atoms with Crippen molar-refractivity contribution in [3.63, 3.8) is 0 Å². The number of hydrogen-bond acceptors (Lipinski definition) is 3. The lowest BCUT2D eigenvalue weighted by Crippen LogP contribution is -2.29. The van der Waals surface area contributed by atoms with E-state index in [-0.39, 0.29) is 5.39 Å². The van der Waals surface area contributed by atoms with Gasteiger partial charge in [-0.25, -0.2) is 4.39 Å². The van der Waals surface area contributed by atoms with E-state index in [1.54, 1.807) is 44.2 Å². The average molecular weight is 427 g/mol. The van der Waals surface area contributed by atoms with Crippen LogP contribution >= 0.6 is 11.6 Å². The Morgan fingerprint density at radius 3 is 2.60 bits per heavy atom. The Kier molecular flexibility index (Phi) is 4.98. The van der Waals surface area contributed by atoms with Crippen LogP contribution in [0.3, 0.4) is 0 Å². The summed E-state index contributed by atoms with van der Waals surface area (Å²) in [6.45, 7) is 3.48. The van der Waals surface area contributed by atoms with E-state index in [1.165, 1.54) is 16.8 Å². The summed E-state index contributed by atoms with van der Waals surface area (Å²) in [7, 11) is 0. The van der Waals surface area contributed by atoms with Crippen molar-refractivity contribution in [1.82, 2.24) is 9.78 Å². The number of carboxylic acids is 1. The predicted molar refractivity (Wildman–Crippen MR) is 113 cm³/mol. The first-order valence-electron chi connectivity index (χ1n) is 9.63. The van der Waals surface area contributed by atoms with Crippen LogP contribution in [0.1, 0.15) is 47.8 Å². The minimum Gasteiger partial charge on any atom is -0.481 e. The molecule has 30 heavy (non-hydrogen) atoms. The van der Waals surface area contributed by atoms with Crippen LogP contribution in [0.4, 0.5) is 4.39 Å². The van der Waals surface area contributed by atoms with Gasteiger partial charge >= 0.3 is 5.97 Å². The Morgan fingerprint density at radius 2 is 1.97 bits per heavy atom. The largest absolute Gasteiger partial charge is 0.481 e. The Labute approximate surface area is 177 Å². The minimum absolute atomic E-state index is 0.251. The van der Waals surface area contributed by atoms with E-state index in [0.29, 0.717) is 46.6 Å². The third kappa shape index (κ3) is 3.21. The summed E-state index contributed by atoms with van der Waals surface area (Å²) >= 11 is 6.27. The molecule has 7 heteroatoms. The Hall–Kier alpha value is -2.99. The summed E-state index contributed by atoms with van der Waals surface area (Å²) in [6.07, 6.45) is 2.95. The van der Waals surface area contributed by atoms with Crippen molar-refractivity contribution in [2.45, 2.75) is 33.1 Å². The standard InChI is InChI=1S/C23H20ClFN2O3/c1-13-5-3-6-15(24)18(13)21(28)27-17-8-4-7-16(25)19(17)20(26-27)14-9-11-23(2,12-10-14)22(29)30/h3-9H,10-12H2,1-2H3,(H,29,30). The van der Waals surface area contributed by atoms with Gasteiger partial charge in [0.2, 0.25) is 0 Å². The lowest BCUT2D eigenvalue weighted by atomic mass is 9.76. The van der Waals surface area contributed by atoms with E-state index in [1.807, 2.05) is 0 Å². The normalized spacial score (nSPS) is 19.0. The number of carbonyl (C=O) groups excluding carboxylic acids is 1. The zero-order chi connectivity index (χ0) is 21.6. The molecular formula is C23H20ClFN2O3. The summed E-state index contributed by atoms with van der Waals surface area (Å²) in [5.41, 5.74) is 1.62. The molecule has 4 rings (SSSR count). The summed E-state index contributed by atoms with van der Waals surface area (Å²) < 4.78 is 16.0. The van der Waals surface area contributed by atoms with Gasteiger partial charge in [0.15, 0.2) is 0 Å². The first kappa shape index (κ1) is 20.3. The number of aliphatic carboxylic acids is 1. The van der Waals surface area contributed by atoms with Gasteiger partial charge in [-0.05, 0) is 62.4 Å². The maximum absolute atomic E-state index is 14.8. The van der Waals surface area contributed by atoms with E-state index >= 15 is 0 Å². The van der Waals surface area contributed by atoms with Gasteiger partial charge in [-0.3, -0.25) is 9.59 Å². The number of benzene rings is 2. The molecule has 154 valence electrons. The van der Waals surface area contributed by atoms with E-state index in [4.69, 9.17) is 11.6 Å². The molecule has 1 unspecified atom stereocenters. The summed E-state index contributed by atoms with van der Waals surface area (Å²) in [5, 5.41) is 14.5. The number of hydrogen-bond donors (Lipinski definition) is 1. The molecule has 0 saturated heterocycles. The Morgan fingerprint density at radius 1 is 1.23 bits per heavy atom. The second-order valence-electron chi connectivity index (χ2n) is 7.93. The molecule has 2 aromatic carbocycles. The summed E-state index contributed by atoms with van der Waals surface area (Å²) in [5.74, 6) is -1.78. The molecule has 0 spiro atoms. The maximum atomic E-state index is 14.8. The van der Waals surface area contributed by atoms with Crippen LogP contribution in [0.2, 0.25) is 5.02 Å². The van der Waals surface area contributed by atoms with Crippen LogP contribution in [-0.2, 0) is 4.79 Å². The van der Waals surface area contributed by atoms with Crippen LogP contribution in [0.25, 0.3) is 16.5 Å². The number of halogens is 2. The smallest absolute Gasteiger partial charge is 0.309 e. The van der Waals surface area contributed by atoms with Crippen LogP contribution in [0.5, 0.6) is 0 Å². The van der Waals surface area contributed by atoms with E-state index < -0.39 is 23.1 Å². The van der Waals surface area contributed by atoms with Crippen molar-refractivity contribution in [1.29, 1.82) is 0 Å². The molecule has 3 aromatic rings. The van der Waals surface area contributed by atoms with Gasteiger partial charge in [-0.1, -0.05) is 35.9 Å². The summed E-state index contributed by atoms with van der Waals surface area (Å²) in [4.78, 5) is 24.8. The predicted octanol–water partition coefficient (Wildman–Crippen LogP) is 5.48. The highest BCUT2D eigenvalue weighted by atomic mass is 35.5. The highest BCUT2D eigenvalue weighted by Crippen LogP contribution is 2.40. The summed E-state index contributed by atoms with van der Waals surface area (Å²) in [6, 6.07) is 9.67. The second kappa shape index (κ2) is 7.36. The highest BCUT2D eigenvalue weighted by Gasteiger charge is 2.36. The first-order valence-corrected chi connectivity index (χ1v) is 10.0. The van der Waals surface area contributed by atoms with Crippen molar-refractivity contribution in [2.24, 2.45) is 5.41 Å². The zero-order valence-electron chi connectivity index (χ0n) is 16.6. The average Bonchev–Trinajstić information content (AvgIpc) is 3.09. The number of carboxylic acid groups (broad SMARTS) is 1. The third-order valence-corrected chi connectivity index (χ3v) is 6.17. The van der Waals surface area contributed by atoms with Gasteiger partial charge in [-0.15, -0.1) is 0 Å². The quantitative estimate of drug-likeness (QED) is 0.601. The van der Waals surface area contributed by atoms with Crippen molar-refractivity contribution >= 4 is 40.0 Å². The molecule has 1 aliphatic rings. The molecule has 5 nitrogen and oxygen atoms in total. The first-order chi connectivity index (χ1) is 14.2. The van der Waals surface area contributed by atoms with Gasteiger partial charge in [-0.2, -0.15) is 9.78 Å². The lowest BCUT2D eigenvalue weighted by Gasteiger charge is -2.28. The SMILES string of the molecule is Cc1cccc(Cl)c1C(=O)n1nc(C2=CCC(C)(C(=O)O)CC2)c2c(F)cccc21. The fourth-order valence-corrected chi connectivity index (χ4v) is 4.19. The third-order valence-electron chi connectivity index (χ3n) is 5.85. The molecule has 0 bridgehead atoms. The molecule has 1 N–H and O–H groups in total. The van der Waals surface area contributed by atoms with Crippen LogP contribution in [0.15, 0.2) is 42.5 Å². The number of aryl methyl sites for hydroxylation is 1. The Balaban J connectivity index is 1.87. The Bertz CT molecular complexity index is 1210. The number of rotatable bonds is 3. The van der Waals surface area contributed by atoms with Gasteiger partial charge in [0.05, 0.1) is 32.6 Å². The maximum Gasteiger partial charge on any atom is 0.309 e. The van der Waals surface area contributed by atoms with Crippen LogP contribution in [-0.4, -0.2) is 26.8 Å². The van der Waals surface area contributed by atoms with E-state index in [9.17, 15) is 19.1 Å². The number of fused-ring (bicyclic) bond motifs is 1. The van der Waals surface area contributed by atoms with Crippen molar-refractivity contribution in [2.75, 3.05) is 0 Å². The molecule has 0 amide bonds. The highest BCUT2D eigenvalue weighted by molar-refractivity contribution is 6.34. The van der Waals surface area contributed by atoms with E-state index in [2.05, 4.69) is 5.10 Å².